The zero-order chi connectivity index (χ0) is 12.1. The molecule has 1 amide bonds. The fraction of sp³-hybridized carbons (Fsp3) is 0.250. The number of halogens is 1. The first-order chi connectivity index (χ1) is 7.50. The van der Waals surface area contributed by atoms with Crippen LogP contribution in [0.2, 0.25) is 0 Å². The van der Waals surface area contributed by atoms with Crippen LogP contribution in [0.4, 0.5) is 0 Å². The molecule has 0 saturated heterocycles. The van der Waals surface area contributed by atoms with E-state index in [9.17, 15) is 4.79 Å². The van der Waals surface area contributed by atoms with Crippen molar-refractivity contribution in [2.45, 2.75) is 13.0 Å². The Balaban J connectivity index is 2.63. The third-order valence-corrected chi connectivity index (χ3v) is 2.31. The van der Waals surface area contributed by atoms with Crippen LogP contribution in [0.5, 0.6) is 0 Å². The Morgan fingerprint density at radius 1 is 1.50 bits per heavy atom. The highest BCUT2D eigenvalue weighted by Gasteiger charge is 2.14. The number of carbonyl (C=O) groups is 1. The fourth-order valence-corrected chi connectivity index (χ4v) is 1.28. The van der Waals surface area contributed by atoms with E-state index in [0.29, 0.717) is 5.03 Å². The quantitative estimate of drug-likeness (QED) is 0.841. The van der Waals surface area contributed by atoms with Crippen molar-refractivity contribution in [1.29, 1.82) is 0 Å². The van der Waals surface area contributed by atoms with Crippen molar-refractivity contribution in [3.63, 3.8) is 0 Å². The number of rotatable bonds is 4. The number of aryl methyl sites for hydroxylation is 1. The predicted octanol–water partition coefficient (Wildman–Crippen LogP) is 1.86. The molecule has 0 fully saturated rings. The highest BCUT2D eigenvalue weighted by Crippen LogP contribution is 2.11. The van der Waals surface area contributed by atoms with Crippen LogP contribution >= 0.6 is 11.6 Å². The van der Waals surface area contributed by atoms with Crippen LogP contribution in [0.15, 0.2) is 35.9 Å². The lowest BCUT2D eigenvalue weighted by Gasteiger charge is -2.12. The SMILES string of the molecule is C=C(Cl)CNC(=O)C(N)c1ccc(C)cc1. The zero-order valence-corrected chi connectivity index (χ0v) is 9.92. The summed E-state index contributed by atoms with van der Waals surface area (Å²) in [5.74, 6) is -0.259. The molecule has 3 nitrogen and oxygen atoms in total. The van der Waals surface area contributed by atoms with Gasteiger partial charge in [0.1, 0.15) is 6.04 Å². The van der Waals surface area contributed by atoms with Gasteiger partial charge in [0, 0.05) is 5.03 Å². The summed E-state index contributed by atoms with van der Waals surface area (Å²) < 4.78 is 0. The predicted molar refractivity (Wildman–Crippen MR) is 66.1 cm³/mol. The Hall–Kier alpha value is -1.32. The number of carbonyl (C=O) groups excluding carboxylic acids is 1. The van der Waals surface area contributed by atoms with E-state index in [4.69, 9.17) is 17.3 Å². The third-order valence-electron chi connectivity index (χ3n) is 2.17. The first-order valence-electron chi connectivity index (χ1n) is 4.94. The van der Waals surface area contributed by atoms with E-state index < -0.39 is 6.04 Å². The molecule has 3 N–H and O–H groups in total. The van der Waals surface area contributed by atoms with Gasteiger partial charge in [0.2, 0.25) is 5.91 Å². The van der Waals surface area contributed by atoms with Crippen molar-refractivity contribution in [2.75, 3.05) is 6.54 Å². The van der Waals surface area contributed by atoms with Crippen molar-refractivity contribution in [2.24, 2.45) is 5.73 Å². The average Bonchev–Trinajstić information content (AvgIpc) is 2.26. The van der Waals surface area contributed by atoms with Crippen LogP contribution in [0, 0.1) is 6.92 Å². The van der Waals surface area contributed by atoms with Gasteiger partial charge < -0.3 is 11.1 Å². The standard InChI is InChI=1S/C12H15ClN2O/c1-8-3-5-10(6-4-8)11(14)12(16)15-7-9(2)13/h3-6,11H,2,7,14H2,1H3,(H,15,16). The summed E-state index contributed by atoms with van der Waals surface area (Å²) in [6.07, 6.45) is 0. The highest BCUT2D eigenvalue weighted by molar-refractivity contribution is 6.29. The molecule has 0 aliphatic rings. The maximum absolute atomic E-state index is 11.6. The molecule has 1 atom stereocenters. The molecule has 1 aromatic rings. The topological polar surface area (TPSA) is 55.1 Å². The van der Waals surface area contributed by atoms with Crippen molar-refractivity contribution in [3.05, 3.63) is 47.0 Å². The van der Waals surface area contributed by atoms with Gasteiger partial charge in [0.15, 0.2) is 0 Å². The lowest BCUT2D eigenvalue weighted by molar-refractivity contribution is -0.122. The molecule has 0 aliphatic carbocycles. The summed E-state index contributed by atoms with van der Waals surface area (Å²) in [5.41, 5.74) is 7.70. The lowest BCUT2D eigenvalue weighted by Crippen LogP contribution is -2.34. The molecule has 16 heavy (non-hydrogen) atoms. The Morgan fingerprint density at radius 3 is 2.56 bits per heavy atom. The van der Waals surface area contributed by atoms with Crippen LogP contribution in [0.25, 0.3) is 0 Å². The van der Waals surface area contributed by atoms with Gasteiger partial charge in [-0.1, -0.05) is 48.0 Å². The monoisotopic (exact) mass is 238 g/mol. The molecule has 86 valence electrons. The molecule has 1 rings (SSSR count). The normalized spacial score (nSPS) is 11.9. The number of hydrogen-bond acceptors (Lipinski definition) is 2. The van der Waals surface area contributed by atoms with E-state index in [-0.39, 0.29) is 12.5 Å². The van der Waals surface area contributed by atoms with Crippen LogP contribution in [-0.2, 0) is 4.79 Å². The fourth-order valence-electron chi connectivity index (χ4n) is 1.22. The second kappa shape index (κ2) is 5.68. The van der Waals surface area contributed by atoms with E-state index >= 15 is 0 Å². The minimum Gasteiger partial charge on any atom is -0.350 e. The number of amides is 1. The van der Waals surface area contributed by atoms with Crippen LogP contribution in [0.3, 0.4) is 0 Å². The van der Waals surface area contributed by atoms with E-state index in [2.05, 4.69) is 11.9 Å². The Kier molecular flexibility index (Phi) is 4.52. The first kappa shape index (κ1) is 12.7. The second-order valence-corrected chi connectivity index (χ2v) is 4.16. The van der Waals surface area contributed by atoms with E-state index in [1.165, 1.54) is 0 Å². The first-order valence-corrected chi connectivity index (χ1v) is 5.31. The van der Waals surface area contributed by atoms with Crippen molar-refractivity contribution in [3.8, 4) is 0 Å². The summed E-state index contributed by atoms with van der Waals surface area (Å²) in [5, 5.41) is 2.98. The van der Waals surface area contributed by atoms with Crippen LogP contribution < -0.4 is 11.1 Å². The Labute approximate surface area is 100 Å². The summed E-state index contributed by atoms with van der Waals surface area (Å²) in [4.78, 5) is 11.6. The molecular weight excluding hydrogens is 224 g/mol. The van der Waals surface area contributed by atoms with E-state index in [1.54, 1.807) is 0 Å². The van der Waals surface area contributed by atoms with Gasteiger partial charge in [0.05, 0.1) is 6.54 Å². The van der Waals surface area contributed by atoms with E-state index in [1.807, 2.05) is 31.2 Å². The van der Waals surface area contributed by atoms with Gasteiger partial charge in [-0.25, -0.2) is 0 Å². The van der Waals surface area contributed by atoms with Crippen molar-refractivity contribution in [1.82, 2.24) is 5.32 Å². The third kappa shape index (κ3) is 3.68. The average molecular weight is 239 g/mol. The maximum atomic E-state index is 11.6. The molecular formula is C12H15ClN2O. The van der Waals surface area contributed by atoms with Crippen LogP contribution in [0.1, 0.15) is 17.2 Å². The molecule has 0 aromatic heterocycles. The molecule has 0 heterocycles. The highest BCUT2D eigenvalue weighted by atomic mass is 35.5. The second-order valence-electron chi connectivity index (χ2n) is 3.62. The minimum absolute atomic E-state index is 0.236. The summed E-state index contributed by atoms with van der Waals surface area (Å²) in [7, 11) is 0. The molecule has 0 aliphatic heterocycles. The number of benzene rings is 1. The summed E-state index contributed by atoms with van der Waals surface area (Å²) in [6, 6.07) is 6.85. The van der Waals surface area contributed by atoms with Gasteiger partial charge in [0.25, 0.3) is 0 Å². The summed E-state index contributed by atoms with van der Waals surface area (Å²) in [6.45, 7) is 5.70. The van der Waals surface area contributed by atoms with Gasteiger partial charge in [-0.3, -0.25) is 4.79 Å². The van der Waals surface area contributed by atoms with E-state index in [0.717, 1.165) is 11.1 Å². The number of hydrogen-bond donors (Lipinski definition) is 2. The van der Waals surface area contributed by atoms with Gasteiger partial charge in [-0.2, -0.15) is 0 Å². The maximum Gasteiger partial charge on any atom is 0.241 e. The smallest absolute Gasteiger partial charge is 0.241 e. The summed E-state index contributed by atoms with van der Waals surface area (Å²) >= 11 is 5.54. The van der Waals surface area contributed by atoms with Gasteiger partial charge in [-0.05, 0) is 12.5 Å². The largest absolute Gasteiger partial charge is 0.350 e. The molecule has 0 radical (unpaired) electrons. The van der Waals surface area contributed by atoms with Gasteiger partial charge in [-0.15, -0.1) is 0 Å². The Morgan fingerprint density at radius 2 is 2.06 bits per heavy atom. The molecule has 1 aromatic carbocycles. The van der Waals surface area contributed by atoms with Crippen molar-refractivity contribution >= 4 is 17.5 Å². The molecule has 0 spiro atoms. The number of nitrogens with one attached hydrogen (secondary N) is 1. The molecule has 0 saturated carbocycles. The van der Waals surface area contributed by atoms with Gasteiger partial charge >= 0.3 is 0 Å². The van der Waals surface area contributed by atoms with Crippen molar-refractivity contribution < 1.29 is 4.79 Å². The number of nitrogens with two attached hydrogens (primary N) is 1. The zero-order valence-electron chi connectivity index (χ0n) is 9.16. The molecule has 4 heteroatoms. The molecule has 1 unspecified atom stereocenters. The lowest BCUT2D eigenvalue weighted by atomic mass is 10.1. The molecule has 0 bridgehead atoms. The van der Waals surface area contributed by atoms with Crippen LogP contribution in [-0.4, -0.2) is 12.5 Å². The minimum atomic E-state index is -0.670. The Bertz CT molecular complexity index is 387.